The molecule has 0 bridgehead atoms. The average Bonchev–Trinajstić information content (AvgIpc) is 3.50. The van der Waals surface area contributed by atoms with Gasteiger partial charge in [-0.2, -0.15) is 0 Å². The molecule has 2 N–H and O–H groups in total. The topological polar surface area (TPSA) is 95.1 Å². The Bertz CT molecular complexity index is 1270. The van der Waals surface area contributed by atoms with Gasteiger partial charge < -0.3 is 19.6 Å². The molecule has 4 atom stereocenters. The van der Waals surface area contributed by atoms with E-state index in [4.69, 9.17) is 9.47 Å². The number of aliphatic hydroxyl groups is 1. The fraction of sp³-hybridized carbons (Fsp3) is 0.407. The Morgan fingerprint density at radius 3 is 2.50 bits per heavy atom. The molecule has 8 nitrogen and oxygen atoms in total. The number of β-amino-alcohol motifs (C(OH)–C–C–N with tert-alkyl or cyclic N) is 1. The fourth-order valence-corrected chi connectivity index (χ4v) is 5.36. The summed E-state index contributed by atoms with van der Waals surface area (Å²) in [7, 11) is 0. The number of likely N-dealkylation sites (tertiary alicyclic amines) is 2. The third-order valence-corrected chi connectivity index (χ3v) is 6.80. The van der Waals surface area contributed by atoms with Crippen molar-refractivity contribution in [3.05, 3.63) is 71.7 Å². The van der Waals surface area contributed by atoms with Gasteiger partial charge in [0, 0.05) is 29.6 Å². The number of ether oxygens (including phenoxy) is 2. The average molecular weight is 496 g/mol. The molecule has 9 heteroatoms. The van der Waals surface area contributed by atoms with E-state index in [9.17, 15) is 19.1 Å². The van der Waals surface area contributed by atoms with E-state index >= 15 is 0 Å². The van der Waals surface area contributed by atoms with Crippen LogP contribution in [-0.4, -0.2) is 69.0 Å². The number of benzene rings is 2. The molecule has 3 aromatic rings. The van der Waals surface area contributed by atoms with Gasteiger partial charge in [-0.1, -0.05) is 30.3 Å². The number of aliphatic hydroxyl groups excluding tert-OH is 1. The minimum Gasteiger partial charge on any atom is -0.445 e. The summed E-state index contributed by atoms with van der Waals surface area (Å²) in [6, 6.07) is 12.6. The van der Waals surface area contributed by atoms with E-state index in [2.05, 4.69) is 4.98 Å². The third-order valence-electron chi connectivity index (χ3n) is 6.80. The predicted octanol–water partition coefficient (Wildman–Crippen LogP) is 4.39. The lowest BCUT2D eigenvalue weighted by Crippen LogP contribution is -2.46. The number of carbonyl (C=O) groups excluding carboxylic acids is 2. The summed E-state index contributed by atoms with van der Waals surface area (Å²) in [6.45, 7) is 5.69. The van der Waals surface area contributed by atoms with Crippen molar-refractivity contribution in [2.75, 3.05) is 13.1 Å². The number of carbonyl (C=O) groups is 2. The highest BCUT2D eigenvalue weighted by Crippen LogP contribution is 2.44. The summed E-state index contributed by atoms with van der Waals surface area (Å²) < 4.78 is 25.0. The molecule has 36 heavy (non-hydrogen) atoms. The molecule has 190 valence electrons. The van der Waals surface area contributed by atoms with Crippen LogP contribution in [0.15, 0.2) is 54.7 Å². The summed E-state index contributed by atoms with van der Waals surface area (Å²) in [6.07, 6.45) is -0.306. The van der Waals surface area contributed by atoms with E-state index in [1.807, 2.05) is 30.3 Å². The molecule has 2 aliphatic rings. The van der Waals surface area contributed by atoms with Crippen LogP contribution >= 0.6 is 0 Å². The van der Waals surface area contributed by atoms with Gasteiger partial charge in [0.2, 0.25) is 0 Å². The molecule has 2 aliphatic heterocycles. The van der Waals surface area contributed by atoms with Crippen molar-refractivity contribution >= 4 is 23.1 Å². The number of hydrogen-bond acceptors (Lipinski definition) is 5. The molecule has 0 aliphatic carbocycles. The Balaban J connectivity index is 1.48. The van der Waals surface area contributed by atoms with Crippen LogP contribution in [0.1, 0.15) is 37.8 Å². The van der Waals surface area contributed by atoms with Gasteiger partial charge in [-0.15, -0.1) is 0 Å². The quantitative estimate of drug-likeness (QED) is 0.562. The lowest BCUT2D eigenvalue weighted by molar-refractivity contribution is 0.0197. The van der Waals surface area contributed by atoms with E-state index in [1.165, 1.54) is 21.9 Å². The van der Waals surface area contributed by atoms with Crippen molar-refractivity contribution in [2.45, 2.75) is 57.1 Å². The smallest absolute Gasteiger partial charge is 0.410 e. The second kappa shape index (κ2) is 9.13. The molecule has 5 rings (SSSR count). The number of nitrogens with one attached hydrogen (secondary N) is 1. The third kappa shape index (κ3) is 4.51. The molecule has 0 radical (unpaired) electrons. The summed E-state index contributed by atoms with van der Waals surface area (Å²) in [5.74, 6) is -0.707. The maximum Gasteiger partial charge on any atom is 0.410 e. The normalized spacial score (nSPS) is 23.7. The predicted molar refractivity (Wildman–Crippen MR) is 131 cm³/mol. The van der Waals surface area contributed by atoms with Crippen molar-refractivity contribution in [1.29, 1.82) is 0 Å². The number of nitrogens with zero attached hydrogens (tertiary/aromatic N) is 2. The number of hydrogen-bond donors (Lipinski definition) is 2. The van der Waals surface area contributed by atoms with Gasteiger partial charge >= 0.3 is 12.2 Å². The van der Waals surface area contributed by atoms with Gasteiger partial charge in [-0.3, -0.25) is 9.80 Å². The number of fused-ring (bicyclic) bond motifs is 2. The summed E-state index contributed by atoms with van der Waals surface area (Å²) in [5.41, 5.74) is 1.58. The van der Waals surface area contributed by atoms with Crippen LogP contribution in [0, 0.1) is 5.82 Å². The van der Waals surface area contributed by atoms with E-state index in [0.717, 1.165) is 16.5 Å². The highest BCUT2D eigenvalue weighted by Gasteiger charge is 2.57. The number of halogens is 1. The molecule has 3 heterocycles. The van der Waals surface area contributed by atoms with Crippen LogP contribution in [0.25, 0.3) is 10.9 Å². The Kier molecular flexibility index (Phi) is 6.12. The minimum atomic E-state index is -0.973. The minimum absolute atomic E-state index is 0.0280. The Labute approximate surface area is 208 Å². The molecule has 2 amide bonds. The van der Waals surface area contributed by atoms with Gasteiger partial charge in [0.15, 0.2) is 0 Å². The molecule has 2 fully saturated rings. The summed E-state index contributed by atoms with van der Waals surface area (Å²) in [5, 5.41) is 11.8. The number of H-pyrrole nitrogens is 1. The first kappa shape index (κ1) is 24.1. The van der Waals surface area contributed by atoms with Gasteiger partial charge in [0.1, 0.15) is 18.0 Å². The first-order valence-corrected chi connectivity index (χ1v) is 12.0. The molecule has 0 spiro atoms. The van der Waals surface area contributed by atoms with Gasteiger partial charge in [-0.25, -0.2) is 14.0 Å². The van der Waals surface area contributed by atoms with Crippen molar-refractivity contribution in [3.63, 3.8) is 0 Å². The summed E-state index contributed by atoms with van der Waals surface area (Å²) >= 11 is 0. The highest BCUT2D eigenvalue weighted by molar-refractivity contribution is 5.84. The van der Waals surface area contributed by atoms with E-state index < -0.39 is 36.0 Å². The first-order valence-electron chi connectivity index (χ1n) is 12.0. The fourth-order valence-electron chi connectivity index (χ4n) is 5.36. The van der Waals surface area contributed by atoms with Gasteiger partial charge in [0.05, 0.1) is 24.7 Å². The van der Waals surface area contributed by atoms with Crippen molar-refractivity contribution in [1.82, 2.24) is 14.8 Å². The Hall–Kier alpha value is -3.59. The van der Waals surface area contributed by atoms with Crippen molar-refractivity contribution in [3.8, 4) is 0 Å². The molecular weight excluding hydrogens is 465 g/mol. The number of amides is 2. The van der Waals surface area contributed by atoms with Crippen LogP contribution in [-0.2, 0) is 16.1 Å². The van der Waals surface area contributed by atoms with Gasteiger partial charge in [0.25, 0.3) is 0 Å². The van der Waals surface area contributed by atoms with Gasteiger partial charge in [-0.05, 0) is 50.1 Å². The molecule has 0 saturated carbocycles. The van der Waals surface area contributed by atoms with Crippen LogP contribution in [0.3, 0.4) is 0 Å². The lowest BCUT2D eigenvalue weighted by Gasteiger charge is -2.30. The molecule has 1 aromatic heterocycles. The van der Waals surface area contributed by atoms with Crippen molar-refractivity contribution < 1.29 is 28.6 Å². The molecular formula is C27H30FN3O5. The van der Waals surface area contributed by atoms with E-state index in [-0.39, 0.29) is 31.4 Å². The monoisotopic (exact) mass is 495 g/mol. The maximum atomic E-state index is 13.8. The number of aromatic nitrogens is 1. The van der Waals surface area contributed by atoms with Crippen molar-refractivity contribution in [2.24, 2.45) is 0 Å². The SMILES string of the molecule is CC(C)(C)OC(=O)N1C[C@@H](O)[C@@H]2[C@H]1[C@@H](c1c[nH]c3cc(F)ccc13)CN2C(=O)OCc1ccccc1. The maximum absolute atomic E-state index is 13.8. The van der Waals surface area contributed by atoms with Crippen LogP contribution in [0.5, 0.6) is 0 Å². The zero-order chi connectivity index (χ0) is 25.6. The van der Waals surface area contributed by atoms with Crippen LogP contribution in [0.2, 0.25) is 0 Å². The van der Waals surface area contributed by atoms with E-state index in [0.29, 0.717) is 5.52 Å². The van der Waals surface area contributed by atoms with Crippen LogP contribution in [0.4, 0.5) is 14.0 Å². The largest absolute Gasteiger partial charge is 0.445 e. The summed E-state index contributed by atoms with van der Waals surface area (Å²) in [4.78, 5) is 32.5. The van der Waals surface area contributed by atoms with E-state index in [1.54, 1.807) is 33.0 Å². The second-order valence-electron chi connectivity index (χ2n) is 10.4. The molecule has 2 saturated heterocycles. The van der Waals surface area contributed by atoms with Crippen LogP contribution < -0.4 is 0 Å². The second-order valence-corrected chi connectivity index (χ2v) is 10.4. The first-order chi connectivity index (χ1) is 17.1. The Morgan fingerprint density at radius 1 is 1.06 bits per heavy atom. The lowest BCUT2D eigenvalue weighted by atomic mass is 9.91. The molecule has 2 aromatic carbocycles. The Morgan fingerprint density at radius 2 is 1.78 bits per heavy atom. The zero-order valence-corrected chi connectivity index (χ0v) is 20.5. The zero-order valence-electron chi connectivity index (χ0n) is 20.5. The number of rotatable bonds is 3. The number of aromatic amines is 1. The molecule has 0 unspecified atom stereocenters. The highest BCUT2D eigenvalue weighted by atomic mass is 19.1. The standard InChI is InChI=1S/C27H30FN3O5/c1-27(2,3)36-26(34)31-14-22(32)24-23(31)20(19-12-29-21-11-17(28)9-10-18(19)21)13-30(24)25(33)35-15-16-7-5-4-6-8-16/h4-12,20,22-24,29,32H,13-15H2,1-3H3/t20-,22-,23-,24-/m1/s1.